The maximum absolute atomic E-state index is 13.3. The maximum Gasteiger partial charge on any atom is 0.423 e. The van der Waals surface area contributed by atoms with Crippen molar-refractivity contribution in [2.45, 2.75) is 44.3 Å². The van der Waals surface area contributed by atoms with Crippen LogP contribution in [0.2, 0.25) is 0 Å². The second kappa shape index (κ2) is 11.6. The maximum atomic E-state index is 13.3. The lowest BCUT2D eigenvalue weighted by atomic mass is 10.0. The third kappa shape index (κ3) is 6.84. The minimum Gasteiger partial charge on any atom is -0.382 e. The van der Waals surface area contributed by atoms with Crippen LogP contribution in [0.25, 0.3) is 0 Å². The molecule has 0 bridgehead atoms. The highest BCUT2D eigenvalue weighted by molar-refractivity contribution is 5.81. The molecule has 1 N–H and O–H groups in total. The van der Waals surface area contributed by atoms with Crippen molar-refractivity contribution in [3.05, 3.63) is 63.7 Å². The van der Waals surface area contributed by atoms with Gasteiger partial charge in [0.25, 0.3) is 5.69 Å². The standard InChI is InChI=1S/C26H29F6N5O3/c1-17(38)24(36-14-12-34(13-15-36)21-5-2-18(3-6-21)25(27,28)29)35-10-8-19(9-11-35)33-20-4-7-23(37(39)40)22(16-20)26(30,31)32/h2-7,16,19,24,33H,8-15H2,1H3. The van der Waals surface area contributed by atoms with Gasteiger partial charge in [0.15, 0.2) is 5.78 Å². The molecule has 8 nitrogen and oxygen atoms in total. The van der Waals surface area contributed by atoms with E-state index >= 15 is 0 Å². The van der Waals surface area contributed by atoms with E-state index in [2.05, 4.69) is 5.32 Å². The number of alkyl halides is 6. The van der Waals surface area contributed by atoms with Crippen LogP contribution >= 0.6 is 0 Å². The van der Waals surface area contributed by atoms with E-state index in [9.17, 15) is 41.3 Å². The zero-order chi connectivity index (χ0) is 29.2. The van der Waals surface area contributed by atoms with Gasteiger partial charge >= 0.3 is 12.4 Å². The van der Waals surface area contributed by atoms with Gasteiger partial charge in [-0.1, -0.05) is 0 Å². The number of likely N-dealkylation sites (tertiary alicyclic amines) is 1. The van der Waals surface area contributed by atoms with Gasteiger partial charge in [-0.05, 0) is 56.2 Å². The predicted molar refractivity (Wildman–Crippen MR) is 136 cm³/mol. The molecule has 0 amide bonds. The summed E-state index contributed by atoms with van der Waals surface area (Å²) in [5.74, 6) is -0.0421. The zero-order valence-electron chi connectivity index (χ0n) is 21.6. The van der Waals surface area contributed by atoms with E-state index in [4.69, 9.17) is 0 Å². The number of hydrogen-bond acceptors (Lipinski definition) is 7. The van der Waals surface area contributed by atoms with Crippen molar-refractivity contribution in [1.29, 1.82) is 0 Å². The van der Waals surface area contributed by atoms with Crippen LogP contribution in [0, 0.1) is 10.1 Å². The summed E-state index contributed by atoms with van der Waals surface area (Å²) in [5.41, 5.74) is -2.21. The zero-order valence-corrected chi connectivity index (χ0v) is 21.6. The van der Waals surface area contributed by atoms with Crippen molar-refractivity contribution >= 4 is 22.8 Å². The Kier molecular flexibility index (Phi) is 8.59. The number of carbonyl (C=O) groups excluding carboxylic acids is 1. The number of nitro groups is 1. The third-order valence-corrected chi connectivity index (χ3v) is 7.33. The van der Waals surface area contributed by atoms with Gasteiger partial charge in [0, 0.05) is 62.8 Å². The Morgan fingerprint density at radius 2 is 1.48 bits per heavy atom. The van der Waals surface area contributed by atoms with Crippen molar-refractivity contribution < 1.29 is 36.1 Å². The average molecular weight is 574 g/mol. The summed E-state index contributed by atoms with van der Waals surface area (Å²) < 4.78 is 78.5. The summed E-state index contributed by atoms with van der Waals surface area (Å²) in [7, 11) is 0. The molecule has 0 aromatic heterocycles. The lowest BCUT2D eigenvalue weighted by molar-refractivity contribution is -0.388. The van der Waals surface area contributed by atoms with Gasteiger partial charge in [-0.2, -0.15) is 26.3 Å². The molecule has 2 fully saturated rings. The molecular formula is C26H29F6N5O3. The predicted octanol–water partition coefficient (Wildman–Crippen LogP) is 5.25. The van der Waals surface area contributed by atoms with Crippen molar-refractivity contribution in [1.82, 2.24) is 9.80 Å². The number of nitro benzene ring substituents is 1. The van der Waals surface area contributed by atoms with Crippen LogP contribution in [-0.4, -0.2) is 72.0 Å². The molecule has 0 aliphatic carbocycles. The molecule has 1 atom stereocenters. The van der Waals surface area contributed by atoms with Gasteiger partial charge in [0.2, 0.25) is 0 Å². The molecule has 218 valence electrons. The van der Waals surface area contributed by atoms with Gasteiger partial charge < -0.3 is 10.2 Å². The molecule has 40 heavy (non-hydrogen) atoms. The molecule has 0 spiro atoms. The monoisotopic (exact) mass is 573 g/mol. The Labute approximate surface area is 226 Å². The van der Waals surface area contributed by atoms with Crippen molar-refractivity contribution in [3.8, 4) is 0 Å². The van der Waals surface area contributed by atoms with Crippen LogP contribution < -0.4 is 10.2 Å². The van der Waals surface area contributed by atoms with Crippen LogP contribution in [0.15, 0.2) is 42.5 Å². The highest BCUT2D eigenvalue weighted by Crippen LogP contribution is 2.38. The van der Waals surface area contributed by atoms with Crippen molar-refractivity contribution in [2.24, 2.45) is 0 Å². The number of nitrogens with zero attached hydrogens (tertiary/aromatic N) is 4. The fraction of sp³-hybridized carbons (Fsp3) is 0.500. The minimum atomic E-state index is -4.87. The number of piperazine rings is 1. The molecule has 2 heterocycles. The fourth-order valence-electron chi connectivity index (χ4n) is 5.37. The number of anilines is 2. The minimum absolute atomic E-state index is 0.0421. The molecule has 2 aliphatic rings. The van der Waals surface area contributed by atoms with E-state index in [0.29, 0.717) is 57.8 Å². The van der Waals surface area contributed by atoms with Crippen LogP contribution in [-0.2, 0) is 17.1 Å². The largest absolute Gasteiger partial charge is 0.423 e. The lowest BCUT2D eigenvalue weighted by Gasteiger charge is -2.45. The van der Waals surface area contributed by atoms with Crippen molar-refractivity contribution in [3.63, 3.8) is 0 Å². The molecule has 0 radical (unpaired) electrons. The molecule has 2 aliphatic heterocycles. The van der Waals surface area contributed by atoms with E-state index in [0.717, 1.165) is 24.3 Å². The summed E-state index contributed by atoms with van der Waals surface area (Å²) in [4.78, 5) is 28.6. The van der Waals surface area contributed by atoms with E-state index < -0.39 is 40.3 Å². The van der Waals surface area contributed by atoms with Gasteiger partial charge in [0.1, 0.15) is 11.7 Å². The Morgan fingerprint density at radius 3 is 1.98 bits per heavy atom. The topological polar surface area (TPSA) is 82.0 Å². The summed E-state index contributed by atoms with van der Waals surface area (Å²) in [5, 5.41) is 14.0. The number of carbonyl (C=O) groups is 1. The second-order valence-electron chi connectivity index (χ2n) is 9.99. The molecular weight excluding hydrogens is 544 g/mol. The number of Topliss-reactive ketones (excluding diaryl/α,β-unsaturated/α-hetero) is 1. The van der Waals surface area contributed by atoms with Gasteiger partial charge in [-0.25, -0.2) is 0 Å². The number of ketones is 1. The Morgan fingerprint density at radius 1 is 0.900 bits per heavy atom. The average Bonchev–Trinajstić information content (AvgIpc) is 2.89. The molecule has 4 rings (SSSR count). The second-order valence-corrected chi connectivity index (χ2v) is 9.99. The highest BCUT2D eigenvalue weighted by atomic mass is 19.4. The summed E-state index contributed by atoms with van der Waals surface area (Å²) in [6, 6.07) is 7.67. The number of hydrogen-bond donors (Lipinski definition) is 1. The number of halogens is 6. The van der Waals surface area contributed by atoms with Gasteiger partial charge in [0.05, 0.1) is 10.5 Å². The molecule has 2 aromatic rings. The molecule has 14 heteroatoms. The first-order chi connectivity index (χ1) is 18.7. The quantitative estimate of drug-likeness (QED) is 0.276. The Balaban J connectivity index is 1.34. The first-order valence-electron chi connectivity index (χ1n) is 12.8. The Bertz CT molecular complexity index is 1200. The fourth-order valence-corrected chi connectivity index (χ4v) is 5.37. The number of benzene rings is 2. The molecule has 1 unspecified atom stereocenters. The number of piperidine rings is 1. The van der Waals surface area contributed by atoms with Crippen LogP contribution in [0.5, 0.6) is 0 Å². The SMILES string of the molecule is CC(=O)C(N1CCC(Nc2ccc([N+](=O)[O-])c(C(F)(F)F)c2)CC1)N1CCN(c2ccc(C(F)(F)F)cc2)CC1. The number of nitrogens with one attached hydrogen (secondary N) is 1. The highest BCUT2D eigenvalue weighted by Gasteiger charge is 2.39. The smallest absolute Gasteiger partial charge is 0.382 e. The summed E-state index contributed by atoms with van der Waals surface area (Å²) in [6.07, 6.45) is -8.65. The summed E-state index contributed by atoms with van der Waals surface area (Å²) in [6.45, 7) is 4.68. The lowest BCUT2D eigenvalue weighted by Crippen LogP contribution is -2.60. The van der Waals surface area contributed by atoms with Gasteiger partial charge in [-0.15, -0.1) is 0 Å². The first-order valence-corrected chi connectivity index (χ1v) is 12.8. The Hall–Kier alpha value is -3.39. The normalized spacial score (nSPS) is 18.9. The van der Waals surface area contributed by atoms with E-state index in [1.54, 1.807) is 0 Å². The van der Waals surface area contributed by atoms with Crippen LogP contribution in [0.1, 0.15) is 30.9 Å². The molecule has 0 saturated carbocycles. The van der Waals surface area contributed by atoms with Crippen molar-refractivity contribution in [2.75, 3.05) is 49.5 Å². The van der Waals surface area contributed by atoms with E-state index in [1.807, 2.05) is 14.7 Å². The van der Waals surface area contributed by atoms with Crippen LogP contribution in [0.4, 0.5) is 43.4 Å². The molecule has 2 aromatic carbocycles. The van der Waals surface area contributed by atoms with E-state index in [1.165, 1.54) is 25.1 Å². The van der Waals surface area contributed by atoms with Gasteiger partial charge in [-0.3, -0.25) is 24.7 Å². The third-order valence-electron chi connectivity index (χ3n) is 7.33. The molecule has 2 saturated heterocycles. The van der Waals surface area contributed by atoms with Crippen LogP contribution in [0.3, 0.4) is 0 Å². The first kappa shape index (κ1) is 29.6. The van der Waals surface area contributed by atoms with E-state index in [-0.39, 0.29) is 17.5 Å². The number of rotatable bonds is 7. The summed E-state index contributed by atoms with van der Waals surface area (Å²) >= 11 is 0.